The molecule has 2 aromatic carbocycles. The fourth-order valence-corrected chi connectivity index (χ4v) is 4.08. The zero-order chi connectivity index (χ0) is 18.4. The van der Waals surface area contributed by atoms with Gasteiger partial charge in [-0.25, -0.2) is 0 Å². The lowest BCUT2D eigenvalue weighted by molar-refractivity contribution is 0.415. The Bertz CT molecular complexity index is 881. The third-order valence-electron chi connectivity index (χ3n) is 3.55. The van der Waals surface area contributed by atoms with E-state index in [9.17, 15) is 8.42 Å². The van der Waals surface area contributed by atoms with Crippen molar-refractivity contribution in [1.29, 1.82) is 0 Å². The van der Waals surface area contributed by atoms with E-state index in [1.54, 1.807) is 31.4 Å². The first-order valence-electron chi connectivity index (χ1n) is 7.64. The first kappa shape index (κ1) is 19.3. The van der Waals surface area contributed by atoms with Crippen molar-refractivity contribution in [1.82, 2.24) is 0 Å². The van der Waals surface area contributed by atoms with Crippen molar-refractivity contribution in [2.24, 2.45) is 4.40 Å². The summed E-state index contributed by atoms with van der Waals surface area (Å²) in [5, 5.41) is 0.469. The summed E-state index contributed by atoms with van der Waals surface area (Å²) < 4.78 is 34.2. The van der Waals surface area contributed by atoms with E-state index in [4.69, 9.17) is 4.74 Å². The molecule has 0 N–H and O–H groups in total. The van der Waals surface area contributed by atoms with Crippen LogP contribution in [0.25, 0.3) is 6.08 Å². The number of aryl methyl sites for hydroxylation is 1. The summed E-state index contributed by atoms with van der Waals surface area (Å²) in [5.41, 5.74) is 2.74. The van der Waals surface area contributed by atoms with Crippen molar-refractivity contribution in [2.45, 2.75) is 18.7 Å². The number of ether oxygens (including phenoxy) is 1. The second-order valence-electron chi connectivity index (χ2n) is 5.49. The van der Waals surface area contributed by atoms with Crippen LogP contribution in [0.4, 0.5) is 0 Å². The van der Waals surface area contributed by atoms with Crippen LogP contribution >= 0.6 is 11.8 Å². The molecule has 2 aromatic rings. The molecule has 0 radical (unpaired) electrons. The van der Waals surface area contributed by atoms with Crippen LogP contribution < -0.4 is 4.74 Å². The Morgan fingerprint density at radius 3 is 2.20 bits per heavy atom. The molecule has 0 saturated heterocycles. The molecule has 0 bridgehead atoms. The molecule has 0 fully saturated rings. The molecule has 6 heteroatoms. The smallest absolute Gasteiger partial charge is 0.283 e. The Morgan fingerprint density at radius 1 is 1.08 bits per heavy atom. The highest BCUT2D eigenvalue weighted by Gasteiger charge is 2.15. The maximum Gasteiger partial charge on any atom is 0.283 e. The molecule has 0 atom stereocenters. The molecule has 0 aliphatic heterocycles. The van der Waals surface area contributed by atoms with E-state index in [1.807, 2.05) is 50.4 Å². The monoisotopic (exact) mass is 375 g/mol. The van der Waals surface area contributed by atoms with Crippen molar-refractivity contribution >= 4 is 32.9 Å². The van der Waals surface area contributed by atoms with Crippen molar-refractivity contribution in [3.05, 3.63) is 65.2 Å². The second-order valence-corrected chi connectivity index (χ2v) is 7.89. The maximum absolute atomic E-state index is 12.5. The lowest BCUT2D eigenvalue weighted by Gasteiger charge is -2.06. The molecule has 0 aliphatic carbocycles. The van der Waals surface area contributed by atoms with E-state index < -0.39 is 10.0 Å². The Hall–Kier alpha value is -2.05. The minimum Gasteiger partial charge on any atom is -0.497 e. The largest absolute Gasteiger partial charge is 0.497 e. The number of nitrogens with zero attached hydrogens (tertiary/aromatic N) is 1. The van der Waals surface area contributed by atoms with Gasteiger partial charge < -0.3 is 4.74 Å². The Labute approximate surface area is 153 Å². The fraction of sp³-hybridized carbons (Fsp3) is 0.211. The van der Waals surface area contributed by atoms with E-state index in [2.05, 4.69) is 4.40 Å². The van der Waals surface area contributed by atoms with E-state index >= 15 is 0 Å². The Kier molecular flexibility index (Phi) is 6.45. The van der Waals surface area contributed by atoms with E-state index in [0.29, 0.717) is 5.04 Å². The SMILES string of the molecule is COc1ccc(/C=C(C)/C(=N\S(=O)(=O)c2ccc(C)cc2)SC)cc1. The van der Waals surface area contributed by atoms with Gasteiger partial charge in [-0.15, -0.1) is 11.8 Å². The summed E-state index contributed by atoms with van der Waals surface area (Å²) in [5.74, 6) is 0.774. The molecule has 0 heterocycles. The van der Waals surface area contributed by atoms with Gasteiger partial charge in [0.1, 0.15) is 10.8 Å². The third-order valence-corrected chi connectivity index (χ3v) is 5.76. The fourth-order valence-electron chi connectivity index (χ4n) is 2.15. The van der Waals surface area contributed by atoms with Crippen LogP contribution in [-0.4, -0.2) is 26.8 Å². The summed E-state index contributed by atoms with van der Waals surface area (Å²) in [7, 11) is -2.11. The van der Waals surface area contributed by atoms with Gasteiger partial charge in [-0.2, -0.15) is 12.8 Å². The van der Waals surface area contributed by atoms with Gasteiger partial charge in [0.25, 0.3) is 10.0 Å². The van der Waals surface area contributed by atoms with Gasteiger partial charge >= 0.3 is 0 Å². The maximum atomic E-state index is 12.5. The lowest BCUT2D eigenvalue weighted by atomic mass is 10.1. The average Bonchev–Trinajstić information content (AvgIpc) is 2.60. The van der Waals surface area contributed by atoms with Gasteiger partial charge in [-0.05, 0) is 61.6 Å². The first-order valence-corrected chi connectivity index (χ1v) is 10.3. The quantitative estimate of drug-likeness (QED) is 0.568. The Balaban J connectivity index is 2.34. The van der Waals surface area contributed by atoms with Gasteiger partial charge in [0.15, 0.2) is 0 Å². The molecule has 0 unspecified atom stereocenters. The van der Waals surface area contributed by atoms with Crippen LogP contribution in [0.15, 0.2) is 63.4 Å². The molecule has 0 spiro atoms. The molecule has 2 rings (SSSR count). The van der Waals surface area contributed by atoms with Gasteiger partial charge in [-0.3, -0.25) is 0 Å². The van der Waals surface area contributed by atoms with Gasteiger partial charge in [0.2, 0.25) is 0 Å². The van der Waals surface area contributed by atoms with Gasteiger partial charge in [-0.1, -0.05) is 29.8 Å². The summed E-state index contributed by atoms with van der Waals surface area (Å²) in [6.45, 7) is 3.76. The second kappa shape index (κ2) is 8.36. The van der Waals surface area contributed by atoms with Crippen LogP contribution in [0.3, 0.4) is 0 Å². The molecule has 132 valence electrons. The zero-order valence-corrected chi connectivity index (χ0v) is 16.3. The normalized spacial score (nSPS) is 13.0. The van der Waals surface area contributed by atoms with Crippen molar-refractivity contribution < 1.29 is 13.2 Å². The highest BCUT2D eigenvalue weighted by molar-refractivity contribution is 8.14. The summed E-state index contributed by atoms with van der Waals surface area (Å²) in [6, 6.07) is 14.2. The van der Waals surface area contributed by atoms with Crippen LogP contribution in [0.2, 0.25) is 0 Å². The zero-order valence-electron chi connectivity index (χ0n) is 14.7. The van der Waals surface area contributed by atoms with Crippen molar-refractivity contribution in [3.8, 4) is 5.75 Å². The molecular formula is C19H21NO3S2. The van der Waals surface area contributed by atoms with Crippen LogP contribution in [-0.2, 0) is 10.0 Å². The minimum absolute atomic E-state index is 0.196. The average molecular weight is 376 g/mol. The first-order chi connectivity index (χ1) is 11.9. The summed E-state index contributed by atoms with van der Waals surface area (Å²) in [4.78, 5) is 0.196. The highest BCUT2D eigenvalue weighted by atomic mass is 32.2. The minimum atomic E-state index is -3.73. The number of thioether (sulfide) groups is 1. The molecule has 0 saturated carbocycles. The molecule has 4 nitrogen and oxygen atoms in total. The van der Waals surface area contributed by atoms with E-state index in [0.717, 1.165) is 22.4 Å². The van der Waals surface area contributed by atoms with Crippen LogP contribution in [0.5, 0.6) is 5.75 Å². The van der Waals surface area contributed by atoms with Crippen LogP contribution in [0, 0.1) is 6.92 Å². The van der Waals surface area contributed by atoms with Gasteiger partial charge in [0, 0.05) is 0 Å². The number of rotatable bonds is 5. The molecule has 0 aliphatic rings. The van der Waals surface area contributed by atoms with Gasteiger partial charge in [0.05, 0.1) is 12.0 Å². The van der Waals surface area contributed by atoms with E-state index in [-0.39, 0.29) is 4.90 Å². The Morgan fingerprint density at radius 2 is 1.68 bits per heavy atom. The van der Waals surface area contributed by atoms with Crippen molar-refractivity contribution in [3.63, 3.8) is 0 Å². The highest BCUT2D eigenvalue weighted by Crippen LogP contribution is 2.20. The number of sulfonamides is 1. The van der Waals surface area contributed by atoms with E-state index in [1.165, 1.54) is 11.8 Å². The number of hydrogen-bond acceptors (Lipinski definition) is 4. The topological polar surface area (TPSA) is 55.7 Å². The lowest BCUT2D eigenvalue weighted by Crippen LogP contribution is -2.03. The molecule has 0 aromatic heterocycles. The summed E-state index contributed by atoms with van der Waals surface area (Å²) in [6.07, 6.45) is 3.72. The summed E-state index contributed by atoms with van der Waals surface area (Å²) >= 11 is 1.31. The third kappa shape index (κ3) is 5.21. The molecule has 0 amide bonds. The number of benzene rings is 2. The van der Waals surface area contributed by atoms with Crippen molar-refractivity contribution in [2.75, 3.05) is 13.4 Å². The predicted molar refractivity (Wildman–Crippen MR) is 106 cm³/mol. The number of hydrogen-bond donors (Lipinski definition) is 0. The molecule has 25 heavy (non-hydrogen) atoms. The van der Waals surface area contributed by atoms with Crippen LogP contribution in [0.1, 0.15) is 18.1 Å². The number of methoxy groups -OCH3 is 1. The molecular weight excluding hydrogens is 354 g/mol. The standard InChI is InChI=1S/C19H21NO3S2/c1-14-5-11-18(12-6-14)25(21,22)20-19(24-4)15(2)13-16-7-9-17(23-3)10-8-16/h5-13H,1-4H3/b15-13+,20-19+. The predicted octanol–water partition coefficient (Wildman–Crippen LogP) is 4.56.